The highest BCUT2D eigenvalue weighted by molar-refractivity contribution is 7.07. The van der Waals surface area contributed by atoms with E-state index >= 15 is 0 Å². The fourth-order valence-corrected chi connectivity index (χ4v) is 3.27. The van der Waals surface area contributed by atoms with Gasteiger partial charge in [0.25, 0.3) is 5.91 Å². The number of carbonyl (C=O) groups is 2. The van der Waals surface area contributed by atoms with Crippen molar-refractivity contribution in [3.63, 3.8) is 0 Å². The SMILES string of the molecule is COc1ccc(Cl)cc1C(=O)N=c1sccn1CC(=O)c1ccccc1. The summed E-state index contributed by atoms with van der Waals surface area (Å²) >= 11 is 7.25. The number of halogens is 1. The van der Waals surface area contributed by atoms with E-state index in [9.17, 15) is 9.59 Å². The molecule has 0 aliphatic heterocycles. The molecule has 0 N–H and O–H groups in total. The van der Waals surface area contributed by atoms with Gasteiger partial charge in [0.05, 0.1) is 19.2 Å². The number of hydrogen-bond acceptors (Lipinski definition) is 4. The molecule has 3 aromatic rings. The van der Waals surface area contributed by atoms with Gasteiger partial charge in [-0.2, -0.15) is 4.99 Å². The Hall–Kier alpha value is -2.70. The lowest BCUT2D eigenvalue weighted by Crippen LogP contribution is -2.21. The van der Waals surface area contributed by atoms with Gasteiger partial charge in [-0.25, -0.2) is 0 Å². The van der Waals surface area contributed by atoms with E-state index in [1.807, 2.05) is 18.2 Å². The molecule has 0 aliphatic rings. The second-order valence-electron chi connectivity index (χ2n) is 5.36. The van der Waals surface area contributed by atoms with Crippen LogP contribution in [0.25, 0.3) is 0 Å². The van der Waals surface area contributed by atoms with Crippen molar-refractivity contribution in [1.82, 2.24) is 4.57 Å². The fraction of sp³-hybridized carbons (Fsp3) is 0.105. The molecule has 0 aliphatic carbocycles. The van der Waals surface area contributed by atoms with Crippen LogP contribution in [-0.4, -0.2) is 23.4 Å². The molecule has 26 heavy (non-hydrogen) atoms. The van der Waals surface area contributed by atoms with Crippen molar-refractivity contribution >= 4 is 34.6 Å². The summed E-state index contributed by atoms with van der Waals surface area (Å²) in [7, 11) is 1.48. The van der Waals surface area contributed by atoms with Gasteiger partial charge in [0.1, 0.15) is 5.75 Å². The number of carbonyl (C=O) groups excluding carboxylic acids is 2. The molecule has 0 saturated carbocycles. The summed E-state index contributed by atoms with van der Waals surface area (Å²) in [5, 5.41) is 2.20. The Morgan fingerprint density at radius 2 is 1.96 bits per heavy atom. The molecular weight excluding hydrogens is 372 g/mol. The number of benzene rings is 2. The molecule has 3 rings (SSSR count). The number of rotatable bonds is 5. The zero-order valence-electron chi connectivity index (χ0n) is 13.9. The normalized spacial score (nSPS) is 11.4. The van der Waals surface area contributed by atoms with Gasteiger partial charge in [-0.3, -0.25) is 9.59 Å². The van der Waals surface area contributed by atoms with Gasteiger partial charge < -0.3 is 9.30 Å². The first-order valence-corrected chi connectivity index (χ1v) is 8.99. The molecular formula is C19H15ClN2O3S. The lowest BCUT2D eigenvalue weighted by Gasteiger charge is -2.05. The first-order valence-electron chi connectivity index (χ1n) is 7.73. The first kappa shape index (κ1) is 18.1. The van der Waals surface area contributed by atoms with E-state index in [-0.39, 0.29) is 17.9 Å². The number of ketones is 1. The van der Waals surface area contributed by atoms with Gasteiger partial charge in [0, 0.05) is 22.2 Å². The molecule has 0 fully saturated rings. The average Bonchev–Trinajstić information content (AvgIpc) is 3.09. The van der Waals surface area contributed by atoms with E-state index in [0.29, 0.717) is 21.1 Å². The Labute approximate surface area is 159 Å². The summed E-state index contributed by atoms with van der Waals surface area (Å²) in [6.07, 6.45) is 1.73. The predicted octanol–water partition coefficient (Wildman–Crippen LogP) is 3.84. The molecule has 1 aromatic heterocycles. The molecule has 1 amide bonds. The molecule has 2 aromatic carbocycles. The topological polar surface area (TPSA) is 60.7 Å². The lowest BCUT2D eigenvalue weighted by molar-refractivity contribution is 0.0962. The molecule has 7 heteroatoms. The summed E-state index contributed by atoms with van der Waals surface area (Å²) in [6, 6.07) is 13.8. The summed E-state index contributed by atoms with van der Waals surface area (Å²) in [5.41, 5.74) is 0.884. The maximum Gasteiger partial charge on any atom is 0.283 e. The third-order valence-corrected chi connectivity index (χ3v) is 4.69. The third-order valence-electron chi connectivity index (χ3n) is 3.66. The molecule has 1 heterocycles. The Morgan fingerprint density at radius 3 is 2.69 bits per heavy atom. The smallest absolute Gasteiger partial charge is 0.283 e. The predicted molar refractivity (Wildman–Crippen MR) is 101 cm³/mol. The largest absolute Gasteiger partial charge is 0.496 e. The van der Waals surface area contributed by atoms with Crippen LogP contribution in [0, 0.1) is 0 Å². The highest BCUT2D eigenvalue weighted by atomic mass is 35.5. The van der Waals surface area contributed by atoms with Crippen molar-refractivity contribution in [2.24, 2.45) is 4.99 Å². The second kappa shape index (κ2) is 8.12. The minimum Gasteiger partial charge on any atom is -0.496 e. The number of methoxy groups -OCH3 is 1. The van der Waals surface area contributed by atoms with E-state index in [0.717, 1.165) is 0 Å². The van der Waals surface area contributed by atoms with Crippen LogP contribution in [0.2, 0.25) is 5.02 Å². The van der Waals surface area contributed by atoms with Gasteiger partial charge >= 0.3 is 0 Å². The molecule has 0 spiro atoms. The third kappa shape index (κ3) is 4.09. The summed E-state index contributed by atoms with van der Waals surface area (Å²) < 4.78 is 6.84. The molecule has 0 atom stereocenters. The number of nitrogens with zero attached hydrogens (tertiary/aromatic N) is 2. The van der Waals surface area contributed by atoms with E-state index in [2.05, 4.69) is 4.99 Å². The van der Waals surface area contributed by atoms with E-state index in [1.165, 1.54) is 24.5 Å². The van der Waals surface area contributed by atoms with Crippen LogP contribution in [-0.2, 0) is 6.54 Å². The summed E-state index contributed by atoms with van der Waals surface area (Å²) in [6.45, 7) is 0.103. The maximum atomic E-state index is 12.6. The second-order valence-corrected chi connectivity index (χ2v) is 6.67. The van der Waals surface area contributed by atoms with Crippen LogP contribution in [0.1, 0.15) is 20.7 Å². The molecule has 132 valence electrons. The van der Waals surface area contributed by atoms with Crippen molar-refractivity contribution < 1.29 is 14.3 Å². The van der Waals surface area contributed by atoms with Gasteiger partial charge in [0.2, 0.25) is 0 Å². The van der Waals surface area contributed by atoms with E-state index in [4.69, 9.17) is 16.3 Å². The Kier molecular flexibility index (Phi) is 5.65. The Balaban J connectivity index is 1.89. The van der Waals surface area contributed by atoms with Crippen LogP contribution in [0.4, 0.5) is 0 Å². The van der Waals surface area contributed by atoms with Gasteiger partial charge in [-0.15, -0.1) is 11.3 Å². The van der Waals surface area contributed by atoms with Gasteiger partial charge in [-0.05, 0) is 18.2 Å². The molecule has 0 radical (unpaired) electrons. The van der Waals surface area contributed by atoms with Crippen LogP contribution < -0.4 is 9.54 Å². The number of Topliss-reactive ketones (excluding diaryl/α,β-unsaturated/α-hetero) is 1. The fourth-order valence-electron chi connectivity index (χ4n) is 2.37. The average molecular weight is 387 g/mol. The maximum absolute atomic E-state index is 12.6. The number of hydrogen-bond donors (Lipinski definition) is 0. The van der Waals surface area contributed by atoms with Gasteiger partial charge in [-0.1, -0.05) is 41.9 Å². The zero-order valence-corrected chi connectivity index (χ0v) is 15.5. The Bertz CT molecular complexity index is 1010. The minimum atomic E-state index is -0.479. The first-order chi connectivity index (χ1) is 12.6. The summed E-state index contributed by atoms with van der Waals surface area (Å²) in [4.78, 5) is 29.5. The molecule has 5 nitrogen and oxygen atoms in total. The Morgan fingerprint density at radius 1 is 1.19 bits per heavy atom. The molecule has 0 unspecified atom stereocenters. The van der Waals surface area contributed by atoms with E-state index < -0.39 is 5.91 Å². The van der Waals surface area contributed by atoms with Crippen LogP contribution in [0.3, 0.4) is 0 Å². The van der Waals surface area contributed by atoms with Gasteiger partial charge in [0.15, 0.2) is 10.6 Å². The number of amides is 1. The number of thiazole rings is 1. The van der Waals surface area contributed by atoms with Crippen molar-refractivity contribution in [3.05, 3.63) is 81.1 Å². The van der Waals surface area contributed by atoms with Crippen LogP contribution in [0.15, 0.2) is 65.1 Å². The quantitative estimate of drug-likeness (QED) is 0.626. The standard InChI is InChI=1S/C19H15ClN2O3S/c1-25-17-8-7-14(20)11-15(17)18(24)21-19-22(9-10-26-19)12-16(23)13-5-3-2-4-6-13/h2-11H,12H2,1H3. The summed E-state index contributed by atoms with van der Waals surface area (Å²) in [5.74, 6) is -0.141. The van der Waals surface area contributed by atoms with Crippen molar-refractivity contribution in [2.45, 2.75) is 6.54 Å². The van der Waals surface area contributed by atoms with Crippen molar-refractivity contribution in [1.29, 1.82) is 0 Å². The van der Waals surface area contributed by atoms with Crippen LogP contribution in [0.5, 0.6) is 5.75 Å². The lowest BCUT2D eigenvalue weighted by atomic mass is 10.1. The number of ether oxygens (including phenoxy) is 1. The molecule has 0 bridgehead atoms. The van der Waals surface area contributed by atoms with Crippen molar-refractivity contribution in [2.75, 3.05) is 7.11 Å². The monoisotopic (exact) mass is 386 g/mol. The highest BCUT2D eigenvalue weighted by Gasteiger charge is 2.13. The zero-order chi connectivity index (χ0) is 18.5. The van der Waals surface area contributed by atoms with Crippen LogP contribution >= 0.6 is 22.9 Å². The number of aromatic nitrogens is 1. The highest BCUT2D eigenvalue weighted by Crippen LogP contribution is 2.23. The molecule has 0 saturated heterocycles. The minimum absolute atomic E-state index is 0.0572. The van der Waals surface area contributed by atoms with E-state index in [1.54, 1.807) is 40.4 Å². The van der Waals surface area contributed by atoms with Crippen molar-refractivity contribution in [3.8, 4) is 5.75 Å².